The van der Waals surface area contributed by atoms with Crippen molar-refractivity contribution in [3.63, 3.8) is 0 Å². The Morgan fingerprint density at radius 1 is 1.30 bits per heavy atom. The Labute approximate surface area is 142 Å². The van der Waals surface area contributed by atoms with Crippen molar-refractivity contribution < 1.29 is 18.3 Å². The summed E-state index contributed by atoms with van der Waals surface area (Å²) in [5, 5.41) is 8.88. The van der Waals surface area contributed by atoms with Crippen LogP contribution in [-0.2, 0) is 14.8 Å². The van der Waals surface area contributed by atoms with Gasteiger partial charge in [-0.25, -0.2) is 8.42 Å². The highest BCUT2D eigenvalue weighted by molar-refractivity contribution is 8.00. The minimum atomic E-state index is -3.77. The van der Waals surface area contributed by atoms with Gasteiger partial charge >= 0.3 is 0 Å². The molecule has 0 radical (unpaired) electrons. The van der Waals surface area contributed by atoms with Gasteiger partial charge < -0.3 is 5.11 Å². The second-order valence-corrected chi connectivity index (χ2v) is 9.47. The summed E-state index contributed by atoms with van der Waals surface area (Å²) in [6.45, 7) is 7.00. The van der Waals surface area contributed by atoms with Crippen LogP contribution in [0.2, 0.25) is 0 Å². The smallest absolute Gasteiger partial charge is 0.241 e. The monoisotopic (exact) mass is 359 g/mol. The zero-order valence-corrected chi connectivity index (χ0v) is 15.6. The van der Waals surface area contributed by atoms with E-state index in [1.54, 1.807) is 12.1 Å². The number of rotatable bonds is 9. The standard InChI is InChI=1S/C16H25NO4S2/c1-12-6-8-14(9-7-12)23(20,21)17-15(13(2)19)16(3,4)22-11-5-10-18/h6-9,15,17-18H,5,10-11H2,1-4H3/t15-/m0/s1. The fraction of sp³-hybridized carbons (Fsp3) is 0.562. The van der Waals surface area contributed by atoms with Crippen molar-refractivity contribution in [1.29, 1.82) is 0 Å². The van der Waals surface area contributed by atoms with Crippen molar-refractivity contribution in [2.24, 2.45) is 0 Å². The Morgan fingerprint density at radius 2 is 1.87 bits per heavy atom. The van der Waals surface area contributed by atoms with Crippen LogP contribution in [0.4, 0.5) is 0 Å². The maximum Gasteiger partial charge on any atom is 0.241 e. The number of Topliss-reactive ketones (excluding diaryl/α,β-unsaturated/α-hetero) is 1. The predicted molar refractivity (Wildman–Crippen MR) is 94.2 cm³/mol. The second kappa shape index (κ2) is 8.28. The first-order chi connectivity index (χ1) is 10.6. The van der Waals surface area contributed by atoms with Crippen LogP contribution in [0.1, 0.15) is 32.8 Å². The number of thioether (sulfide) groups is 1. The minimum absolute atomic E-state index is 0.0723. The van der Waals surface area contributed by atoms with Gasteiger partial charge in [0, 0.05) is 11.4 Å². The van der Waals surface area contributed by atoms with Crippen LogP contribution in [0, 0.1) is 6.92 Å². The molecule has 5 nitrogen and oxygen atoms in total. The first-order valence-electron chi connectivity index (χ1n) is 7.44. The molecule has 1 rings (SSSR count). The van der Waals surface area contributed by atoms with E-state index in [1.165, 1.54) is 30.8 Å². The molecule has 0 aliphatic rings. The van der Waals surface area contributed by atoms with Gasteiger partial charge in [-0.3, -0.25) is 4.79 Å². The lowest BCUT2D eigenvalue weighted by atomic mass is 10.0. The molecule has 0 bridgehead atoms. The third-order valence-corrected chi connectivity index (χ3v) is 6.39. The van der Waals surface area contributed by atoms with Crippen molar-refractivity contribution >= 4 is 27.6 Å². The van der Waals surface area contributed by atoms with Gasteiger partial charge in [-0.1, -0.05) is 17.7 Å². The fourth-order valence-electron chi connectivity index (χ4n) is 2.14. The van der Waals surface area contributed by atoms with Crippen molar-refractivity contribution in [3.05, 3.63) is 29.8 Å². The lowest BCUT2D eigenvalue weighted by molar-refractivity contribution is -0.119. The van der Waals surface area contributed by atoms with Gasteiger partial charge in [-0.15, -0.1) is 0 Å². The van der Waals surface area contributed by atoms with E-state index in [-0.39, 0.29) is 17.3 Å². The number of nitrogens with one attached hydrogen (secondary N) is 1. The summed E-state index contributed by atoms with van der Waals surface area (Å²) in [5.74, 6) is 0.418. The third kappa shape index (κ3) is 5.91. The molecule has 2 N–H and O–H groups in total. The number of ketones is 1. The normalized spacial score (nSPS) is 13.8. The summed E-state index contributed by atoms with van der Waals surface area (Å²) < 4.78 is 27.0. The lowest BCUT2D eigenvalue weighted by Crippen LogP contribution is -2.51. The largest absolute Gasteiger partial charge is 0.396 e. The van der Waals surface area contributed by atoms with E-state index in [0.717, 1.165) is 5.56 Å². The molecule has 7 heteroatoms. The molecule has 0 spiro atoms. The van der Waals surface area contributed by atoms with E-state index in [4.69, 9.17) is 5.11 Å². The average molecular weight is 360 g/mol. The van der Waals surface area contributed by atoms with E-state index in [0.29, 0.717) is 12.2 Å². The van der Waals surface area contributed by atoms with Gasteiger partial charge in [0.2, 0.25) is 10.0 Å². The SMILES string of the molecule is CC(=O)[C@H](NS(=O)(=O)c1ccc(C)cc1)C(C)(C)SCCCO. The summed E-state index contributed by atoms with van der Waals surface area (Å²) in [4.78, 5) is 12.1. The first-order valence-corrected chi connectivity index (χ1v) is 9.91. The Kier molecular flexibility index (Phi) is 7.26. The molecule has 1 atom stereocenters. The number of aliphatic hydroxyl groups is 1. The molecule has 0 saturated carbocycles. The van der Waals surface area contributed by atoms with Crippen LogP contribution in [0.5, 0.6) is 0 Å². The zero-order chi connectivity index (χ0) is 17.7. The molecule has 0 heterocycles. The third-order valence-electron chi connectivity index (χ3n) is 3.48. The molecule has 130 valence electrons. The van der Waals surface area contributed by atoms with Gasteiger partial charge in [0.05, 0.1) is 10.9 Å². The van der Waals surface area contributed by atoms with Gasteiger partial charge in [-0.2, -0.15) is 16.5 Å². The molecule has 0 amide bonds. The molecule has 0 aromatic heterocycles. The Morgan fingerprint density at radius 3 is 2.35 bits per heavy atom. The van der Waals surface area contributed by atoms with E-state index in [2.05, 4.69) is 4.72 Å². The number of hydrogen-bond acceptors (Lipinski definition) is 5. The van der Waals surface area contributed by atoms with E-state index in [9.17, 15) is 13.2 Å². The second-order valence-electron chi connectivity index (χ2n) is 6.01. The first kappa shape index (κ1) is 20.2. The highest BCUT2D eigenvalue weighted by atomic mass is 32.2. The molecule has 0 fully saturated rings. The van der Waals surface area contributed by atoms with Crippen LogP contribution in [0.15, 0.2) is 29.2 Å². The number of hydrogen-bond donors (Lipinski definition) is 2. The molecular formula is C16H25NO4S2. The summed E-state index contributed by atoms with van der Waals surface area (Å²) in [7, 11) is -3.77. The van der Waals surface area contributed by atoms with Crippen molar-refractivity contribution in [2.45, 2.75) is 49.8 Å². The van der Waals surface area contributed by atoms with E-state index < -0.39 is 20.8 Å². The van der Waals surface area contributed by atoms with Crippen molar-refractivity contribution in [2.75, 3.05) is 12.4 Å². The number of aliphatic hydroxyl groups excluding tert-OH is 1. The molecule has 0 saturated heterocycles. The highest BCUT2D eigenvalue weighted by Gasteiger charge is 2.36. The van der Waals surface area contributed by atoms with Gasteiger partial charge in [0.15, 0.2) is 0 Å². The van der Waals surface area contributed by atoms with Crippen LogP contribution in [-0.4, -0.2) is 42.5 Å². The minimum Gasteiger partial charge on any atom is -0.396 e. The van der Waals surface area contributed by atoms with Crippen molar-refractivity contribution in [3.8, 4) is 0 Å². The number of sulfonamides is 1. The Bertz CT molecular complexity index is 624. The summed E-state index contributed by atoms with van der Waals surface area (Å²) in [6, 6.07) is 5.66. The summed E-state index contributed by atoms with van der Waals surface area (Å²) in [5.41, 5.74) is 0.965. The van der Waals surface area contributed by atoms with Crippen LogP contribution in [0.25, 0.3) is 0 Å². The molecule has 0 aliphatic carbocycles. The van der Waals surface area contributed by atoms with E-state index in [1.807, 2.05) is 20.8 Å². The number of benzene rings is 1. The predicted octanol–water partition coefficient (Wildman–Crippen LogP) is 2.13. The Balaban J connectivity index is 2.98. The Hall–Kier alpha value is -0.890. The number of carbonyl (C=O) groups is 1. The van der Waals surface area contributed by atoms with Crippen LogP contribution >= 0.6 is 11.8 Å². The topological polar surface area (TPSA) is 83.5 Å². The van der Waals surface area contributed by atoms with Gasteiger partial charge in [-0.05, 0) is 52.0 Å². The van der Waals surface area contributed by atoms with Crippen LogP contribution < -0.4 is 4.72 Å². The maximum atomic E-state index is 12.5. The number of carbonyl (C=O) groups excluding carboxylic acids is 1. The van der Waals surface area contributed by atoms with E-state index >= 15 is 0 Å². The summed E-state index contributed by atoms with van der Waals surface area (Å²) in [6.07, 6.45) is 0.601. The fourth-order valence-corrected chi connectivity index (χ4v) is 4.81. The maximum absolute atomic E-state index is 12.5. The molecule has 23 heavy (non-hydrogen) atoms. The highest BCUT2D eigenvalue weighted by Crippen LogP contribution is 2.30. The van der Waals surface area contributed by atoms with Gasteiger partial charge in [0.25, 0.3) is 0 Å². The zero-order valence-electron chi connectivity index (χ0n) is 14.0. The van der Waals surface area contributed by atoms with Crippen LogP contribution in [0.3, 0.4) is 0 Å². The molecular weight excluding hydrogens is 334 g/mol. The lowest BCUT2D eigenvalue weighted by Gasteiger charge is -2.32. The molecule has 0 aliphatic heterocycles. The molecule has 1 aromatic rings. The molecule has 0 unspecified atom stereocenters. The summed E-state index contributed by atoms with van der Waals surface area (Å²) >= 11 is 1.47. The average Bonchev–Trinajstić information content (AvgIpc) is 2.45. The molecule has 1 aromatic carbocycles. The van der Waals surface area contributed by atoms with Gasteiger partial charge in [0.1, 0.15) is 5.78 Å². The van der Waals surface area contributed by atoms with Crippen molar-refractivity contribution in [1.82, 2.24) is 4.72 Å². The number of aryl methyl sites for hydroxylation is 1. The quantitative estimate of drug-likeness (QED) is 0.660.